The van der Waals surface area contributed by atoms with Crippen molar-refractivity contribution in [1.82, 2.24) is 25.5 Å². The summed E-state index contributed by atoms with van der Waals surface area (Å²) in [4.78, 5) is 21.2. The molecule has 2 aliphatic rings. The van der Waals surface area contributed by atoms with Crippen LogP contribution in [0.4, 0.5) is 0 Å². The third-order valence-electron chi connectivity index (χ3n) is 6.09. The summed E-state index contributed by atoms with van der Waals surface area (Å²) in [7, 11) is 1.54. The average Bonchev–Trinajstić information content (AvgIpc) is 3.14. The summed E-state index contributed by atoms with van der Waals surface area (Å²) in [6.07, 6.45) is 3.76. The van der Waals surface area contributed by atoms with Gasteiger partial charge in [0, 0.05) is 35.8 Å². The fourth-order valence-electron chi connectivity index (χ4n) is 4.50. The Morgan fingerprint density at radius 1 is 1.29 bits per heavy atom. The molecule has 160 valence electrons. The summed E-state index contributed by atoms with van der Waals surface area (Å²) in [5.74, 6) is 0.288. The lowest BCUT2D eigenvalue weighted by Gasteiger charge is -2.53. The van der Waals surface area contributed by atoms with Gasteiger partial charge in [-0.15, -0.1) is 10.2 Å². The molecule has 1 amide bonds. The maximum Gasteiger partial charge on any atom is 0.251 e. The number of methoxy groups -OCH3 is 1. The first kappa shape index (κ1) is 20.3. The zero-order valence-corrected chi connectivity index (χ0v) is 18.7. The lowest BCUT2D eigenvalue weighted by atomic mass is 9.59. The van der Waals surface area contributed by atoms with Crippen LogP contribution in [0, 0.1) is 12.3 Å². The van der Waals surface area contributed by atoms with Crippen molar-refractivity contribution in [3.05, 3.63) is 39.7 Å². The topological polar surface area (TPSA) is 116 Å². The minimum absolute atomic E-state index is 0.266. The number of hydrogen-bond donors (Lipinski definition) is 2. The zero-order valence-electron chi connectivity index (χ0n) is 17.1. The van der Waals surface area contributed by atoms with Gasteiger partial charge in [0.25, 0.3) is 5.91 Å². The number of carbonyl (C=O) groups excluding carboxylic acids is 1. The third kappa shape index (κ3) is 3.46. The Morgan fingerprint density at radius 3 is 2.71 bits per heavy atom. The summed E-state index contributed by atoms with van der Waals surface area (Å²) in [6.45, 7) is 4.02. The molecule has 31 heavy (non-hydrogen) atoms. The van der Waals surface area contributed by atoms with Crippen LogP contribution >= 0.6 is 22.9 Å². The number of nitrogens with two attached hydrogens (primary N) is 1. The van der Waals surface area contributed by atoms with Gasteiger partial charge in [-0.3, -0.25) is 4.79 Å². The van der Waals surface area contributed by atoms with Gasteiger partial charge in [0.2, 0.25) is 0 Å². The van der Waals surface area contributed by atoms with Gasteiger partial charge in [0.15, 0.2) is 5.01 Å². The summed E-state index contributed by atoms with van der Waals surface area (Å²) in [5, 5.41) is 14.0. The number of aromatic nitrogens is 4. The highest BCUT2D eigenvalue weighted by molar-refractivity contribution is 7.14. The van der Waals surface area contributed by atoms with E-state index in [4.69, 9.17) is 22.1 Å². The third-order valence-corrected chi connectivity index (χ3v) is 7.39. The van der Waals surface area contributed by atoms with Gasteiger partial charge < -0.3 is 15.8 Å². The predicted molar refractivity (Wildman–Crippen MR) is 118 cm³/mol. The fourth-order valence-corrected chi connectivity index (χ4v) is 5.60. The van der Waals surface area contributed by atoms with Crippen LogP contribution in [0.1, 0.15) is 39.8 Å². The van der Waals surface area contributed by atoms with Gasteiger partial charge in [-0.05, 0) is 37.3 Å². The van der Waals surface area contributed by atoms with Crippen LogP contribution in [0.3, 0.4) is 0 Å². The summed E-state index contributed by atoms with van der Waals surface area (Å²) in [6, 6.07) is 3.44. The van der Waals surface area contributed by atoms with E-state index in [2.05, 4.69) is 25.5 Å². The van der Waals surface area contributed by atoms with Crippen LogP contribution in [-0.4, -0.2) is 46.3 Å². The van der Waals surface area contributed by atoms with Gasteiger partial charge in [-0.1, -0.05) is 22.9 Å². The van der Waals surface area contributed by atoms with Crippen LogP contribution < -0.4 is 15.8 Å². The first-order valence-electron chi connectivity index (χ1n) is 9.95. The molecule has 5 rings (SSSR count). The lowest BCUT2D eigenvalue weighted by Crippen LogP contribution is -2.59. The molecule has 1 aliphatic carbocycles. The molecule has 1 saturated carbocycles. The Bertz CT molecular complexity index is 1180. The number of pyridine rings is 2. The first-order chi connectivity index (χ1) is 14.9. The van der Waals surface area contributed by atoms with Crippen molar-refractivity contribution in [3.8, 4) is 27.6 Å². The minimum atomic E-state index is -0.604. The summed E-state index contributed by atoms with van der Waals surface area (Å²) < 4.78 is 5.44. The van der Waals surface area contributed by atoms with Crippen molar-refractivity contribution < 1.29 is 9.53 Å². The van der Waals surface area contributed by atoms with Crippen molar-refractivity contribution >= 4 is 28.8 Å². The molecule has 0 bridgehead atoms. The molecule has 2 fully saturated rings. The van der Waals surface area contributed by atoms with Crippen LogP contribution in [0.2, 0.25) is 5.15 Å². The zero-order chi connectivity index (χ0) is 21.8. The van der Waals surface area contributed by atoms with Crippen LogP contribution in [-0.2, 0) is 0 Å². The molecule has 3 aromatic rings. The molecule has 4 heterocycles. The van der Waals surface area contributed by atoms with Crippen molar-refractivity contribution in [3.63, 3.8) is 0 Å². The van der Waals surface area contributed by atoms with E-state index in [9.17, 15) is 4.79 Å². The van der Waals surface area contributed by atoms with Crippen molar-refractivity contribution in [2.24, 2.45) is 11.1 Å². The smallest absolute Gasteiger partial charge is 0.251 e. The molecule has 1 saturated heterocycles. The Kier molecular flexibility index (Phi) is 4.91. The van der Waals surface area contributed by atoms with Gasteiger partial charge in [0.1, 0.15) is 21.6 Å². The molecular formula is C21H21ClN6O2S. The maximum atomic E-state index is 12.6. The molecule has 0 atom stereocenters. The standard InChI is InChI=1S/C21H21ClN6O2S/c1-10-3-13(12-4-15(22)25-7-14(12)30-2)16(18(23)29)17(26-10)20-28-27-19(31-20)11-5-21(6-11)8-24-9-21/h3-4,7,11,24H,5-6,8-9H2,1-2H3,(H2,23,29). The number of carbonyl (C=O) groups is 1. The van der Waals surface area contributed by atoms with E-state index in [0.29, 0.717) is 44.6 Å². The highest BCUT2D eigenvalue weighted by atomic mass is 35.5. The molecule has 1 spiro atoms. The highest BCUT2D eigenvalue weighted by Crippen LogP contribution is 2.54. The van der Waals surface area contributed by atoms with Gasteiger partial charge >= 0.3 is 0 Å². The average molecular weight is 457 g/mol. The molecule has 3 N–H and O–H groups in total. The fraction of sp³-hybridized carbons (Fsp3) is 0.381. The highest BCUT2D eigenvalue weighted by Gasteiger charge is 2.49. The molecular weight excluding hydrogens is 436 g/mol. The minimum Gasteiger partial charge on any atom is -0.494 e. The SMILES string of the molecule is COc1cnc(Cl)cc1-c1cc(C)nc(-c2nnc(C3CC4(CNC4)C3)s2)c1C(N)=O. The first-order valence-corrected chi connectivity index (χ1v) is 11.1. The second-order valence-corrected chi connectivity index (χ2v) is 9.66. The Balaban J connectivity index is 1.59. The number of ether oxygens (including phenoxy) is 1. The largest absolute Gasteiger partial charge is 0.494 e. The van der Waals surface area contributed by atoms with Gasteiger partial charge in [-0.25, -0.2) is 9.97 Å². The van der Waals surface area contributed by atoms with Gasteiger partial charge in [-0.2, -0.15) is 0 Å². The molecule has 10 heteroatoms. The molecule has 8 nitrogen and oxygen atoms in total. The second kappa shape index (κ2) is 7.51. The maximum absolute atomic E-state index is 12.6. The molecule has 0 radical (unpaired) electrons. The van der Waals surface area contributed by atoms with Crippen LogP contribution in [0.25, 0.3) is 21.8 Å². The van der Waals surface area contributed by atoms with Crippen molar-refractivity contribution in [1.29, 1.82) is 0 Å². The molecule has 0 aromatic carbocycles. The number of nitrogens with one attached hydrogen (secondary N) is 1. The quantitative estimate of drug-likeness (QED) is 0.566. The summed E-state index contributed by atoms with van der Waals surface area (Å²) in [5.41, 5.74) is 8.87. The van der Waals surface area contributed by atoms with E-state index < -0.39 is 5.91 Å². The van der Waals surface area contributed by atoms with Crippen molar-refractivity contribution in [2.45, 2.75) is 25.7 Å². The van der Waals surface area contributed by atoms with E-state index in [1.54, 1.807) is 12.1 Å². The molecule has 3 aromatic heterocycles. The van der Waals surface area contributed by atoms with Crippen LogP contribution in [0.5, 0.6) is 5.75 Å². The second-order valence-electron chi connectivity index (χ2n) is 8.26. The van der Waals surface area contributed by atoms with E-state index >= 15 is 0 Å². The summed E-state index contributed by atoms with van der Waals surface area (Å²) >= 11 is 7.61. The number of primary amides is 1. The Hall–Kier alpha value is -2.62. The molecule has 0 unspecified atom stereocenters. The van der Waals surface area contributed by atoms with E-state index in [1.807, 2.05) is 6.92 Å². The number of rotatable bonds is 5. The monoisotopic (exact) mass is 456 g/mol. The number of halogens is 1. The van der Waals surface area contributed by atoms with E-state index in [-0.39, 0.29) is 10.7 Å². The van der Waals surface area contributed by atoms with Crippen LogP contribution in [0.15, 0.2) is 18.3 Å². The van der Waals surface area contributed by atoms with E-state index in [0.717, 1.165) is 30.9 Å². The Labute approximate surface area is 188 Å². The number of nitrogens with zero attached hydrogens (tertiary/aromatic N) is 4. The van der Waals surface area contributed by atoms with Crippen molar-refractivity contribution in [2.75, 3.05) is 20.2 Å². The Morgan fingerprint density at radius 2 is 2.06 bits per heavy atom. The van der Waals surface area contributed by atoms with E-state index in [1.165, 1.54) is 24.6 Å². The lowest BCUT2D eigenvalue weighted by molar-refractivity contribution is 0.0360. The number of aryl methyl sites for hydroxylation is 1. The molecule has 1 aliphatic heterocycles. The normalized spacial score (nSPS) is 17.3. The predicted octanol–water partition coefficient (Wildman–Crippen LogP) is 3.20. The number of hydrogen-bond acceptors (Lipinski definition) is 8. The number of amides is 1. The van der Waals surface area contributed by atoms with Gasteiger partial charge in [0.05, 0.1) is 18.9 Å².